The highest BCUT2D eigenvalue weighted by Crippen LogP contribution is 2.02. The Morgan fingerprint density at radius 1 is 1.06 bits per heavy atom. The van der Waals surface area contributed by atoms with Crippen molar-refractivity contribution < 1.29 is 14.3 Å². The van der Waals surface area contributed by atoms with E-state index >= 15 is 0 Å². The molecule has 0 aliphatic heterocycles. The van der Waals surface area contributed by atoms with Crippen LogP contribution in [0, 0.1) is 0 Å². The van der Waals surface area contributed by atoms with Gasteiger partial charge in [0.25, 0.3) is 0 Å². The number of halogens is 1. The van der Waals surface area contributed by atoms with Crippen LogP contribution in [0.25, 0.3) is 0 Å². The van der Waals surface area contributed by atoms with E-state index in [0.29, 0.717) is 31.6 Å². The second-order valence-corrected chi connectivity index (χ2v) is 4.14. The summed E-state index contributed by atoms with van der Waals surface area (Å²) in [6, 6.07) is 0. The van der Waals surface area contributed by atoms with E-state index in [-0.39, 0.29) is 18.4 Å². The van der Waals surface area contributed by atoms with Crippen LogP contribution in [0.1, 0.15) is 51.9 Å². The van der Waals surface area contributed by atoms with Crippen molar-refractivity contribution in [2.45, 2.75) is 51.9 Å². The van der Waals surface area contributed by atoms with Crippen LogP contribution < -0.4 is 0 Å². The van der Waals surface area contributed by atoms with E-state index in [1.807, 2.05) is 0 Å². The summed E-state index contributed by atoms with van der Waals surface area (Å²) in [7, 11) is 0. The van der Waals surface area contributed by atoms with Crippen LogP contribution in [0.15, 0.2) is 0 Å². The standard InChI is InChI=1S/C12H21ClO3/c1-2-3-4-6-11(14)8-10-16-12(15)7-5-9-13/h2-10H2,1H3. The zero-order chi connectivity index (χ0) is 12.2. The first-order valence-electron chi connectivity index (χ1n) is 5.94. The largest absolute Gasteiger partial charge is 0.465 e. The van der Waals surface area contributed by atoms with Gasteiger partial charge in [0.1, 0.15) is 5.78 Å². The summed E-state index contributed by atoms with van der Waals surface area (Å²) >= 11 is 5.44. The Morgan fingerprint density at radius 2 is 1.81 bits per heavy atom. The molecule has 0 aromatic rings. The summed E-state index contributed by atoms with van der Waals surface area (Å²) in [5.74, 6) is 0.381. The molecule has 0 aliphatic carbocycles. The van der Waals surface area contributed by atoms with E-state index in [1.54, 1.807) is 0 Å². The molecule has 0 fully saturated rings. The van der Waals surface area contributed by atoms with Gasteiger partial charge in [0.15, 0.2) is 0 Å². The second-order valence-electron chi connectivity index (χ2n) is 3.76. The fraction of sp³-hybridized carbons (Fsp3) is 0.833. The minimum atomic E-state index is -0.262. The monoisotopic (exact) mass is 248 g/mol. The molecule has 0 radical (unpaired) electrons. The van der Waals surface area contributed by atoms with Crippen LogP contribution in [0.5, 0.6) is 0 Å². The summed E-state index contributed by atoms with van der Waals surface area (Å²) in [6.07, 6.45) is 5.05. The number of esters is 1. The highest BCUT2D eigenvalue weighted by atomic mass is 35.5. The Labute approximate surface area is 102 Å². The first-order valence-corrected chi connectivity index (χ1v) is 6.47. The summed E-state index contributed by atoms with van der Waals surface area (Å²) in [5, 5.41) is 0. The Balaban J connectivity index is 3.36. The van der Waals surface area contributed by atoms with Crippen molar-refractivity contribution in [1.29, 1.82) is 0 Å². The highest BCUT2D eigenvalue weighted by Gasteiger charge is 2.05. The fourth-order valence-corrected chi connectivity index (χ4v) is 1.39. The zero-order valence-corrected chi connectivity index (χ0v) is 10.7. The molecule has 0 aromatic carbocycles. The van der Waals surface area contributed by atoms with E-state index in [2.05, 4.69) is 6.92 Å². The van der Waals surface area contributed by atoms with Crippen molar-refractivity contribution in [2.24, 2.45) is 0 Å². The van der Waals surface area contributed by atoms with E-state index < -0.39 is 0 Å². The first kappa shape index (κ1) is 15.4. The number of hydrogen-bond acceptors (Lipinski definition) is 3. The smallest absolute Gasteiger partial charge is 0.305 e. The molecule has 3 nitrogen and oxygen atoms in total. The topological polar surface area (TPSA) is 43.4 Å². The number of unbranched alkanes of at least 4 members (excludes halogenated alkanes) is 2. The van der Waals surface area contributed by atoms with Gasteiger partial charge in [0, 0.05) is 25.1 Å². The molecule has 0 unspecified atom stereocenters. The molecule has 0 aliphatic rings. The minimum absolute atomic E-state index is 0.179. The van der Waals surface area contributed by atoms with E-state index in [0.717, 1.165) is 19.3 Å². The Hall–Kier alpha value is -0.570. The van der Waals surface area contributed by atoms with Gasteiger partial charge in [-0.1, -0.05) is 19.8 Å². The summed E-state index contributed by atoms with van der Waals surface area (Å²) in [6.45, 7) is 2.31. The molecule has 0 spiro atoms. The van der Waals surface area contributed by atoms with E-state index in [9.17, 15) is 9.59 Å². The summed E-state index contributed by atoms with van der Waals surface area (Å²) in [4.78, 5) is 22.4. The number of alkyl halides is 1. The molecular weight excluding hydrogens is 228 g/mol. The number of ether oxygens (including phenoxy) is 1. The van der Waals surface area contributed by atoms with Crippen molar-refractivity contribution >= 4 is 23.4 Å². The predicted molar refractivity (Wildman–Crippen MR) is 64.7 cm³/mol. The fourth-order valence-electron chi connectivity index (χ4n) is 1.26. The molecule has 0 bridgehead atoms. The van der Waals surface area contributed by atoms with Crippen molar-refractivity contribution in [3.63, 3.8) is 0 Å². The first-order chi connectivity index (χ1) is 7.70. The third-order valence-electron chi connectivity index (χ3n) is 2.22. The van der Waals surface area contributed by atoms with E-state index in [4.69, 9.17) is 16.3 Å². The lowest BCUT2D eigenvalue weighted by atomic mass is 10.1. The lowest BCUT2D eigenvalue weighted by molar-refractivity contribution is -0.144. The molecule has 4 heteroatoms. The van der Waals surface area contributed by atoms with Gasteiger partial charge < -0.3 is 4.74 Å². The third kappa shape index (κ3) is 9.97. The number of carbonyl (C=O) groups excluding carboxylic acids is 2. The molecule has 0 aromatic heterocycles. The SMILES string of the molecule is CCCCCC(=O)CCOC(=O)CCCCl. The second kappa shape index (κ2) is 10.9. The van der Waals surface area contributed by atoms with Crippen molar-refractivity contribution in [2.75, 3.05) is 12.5 Å². The summed E-state index contributed by atoms with van der Waals surface area (Å²) in [5.41, 5.74) is 0. The van der Waals surface area contributed by atoms with Crippen LogP contribution in [0.2, 0.25) is 0 Å². The normalized spacial score (nSPS) is 10.1. The third-order valence-corrected chi connectivity index (χ3v) is 2.48. The Bertz CT molecular complexity index is 204. The van der Waals surface area contributed by atoms with Crippen LogP contribution in [-0.2, 0) is 14.3 Å². The number of carbonyl (C=O) groups is 2. The lowest BCUT2D eigenvalue weighted by Crippen LogP contribution is -2.09. The van der Waals surface area contributed by atoms with Crippen LogP contribution >= 0.6 is 11.6 Å². The minimum Gasteiger partial charge on any atom is -0.465 e. The van der Waals surface area contributed by atoms with Crippen LogP contribution in [0.4, 0.5) is 0 Å². The molecule has 0 heterocycles. The zero-order valence-electron chi connectivity index (χ0n) is 9.97. The van der Waals surface area contributed by atoms with Gasteiger partial charge in [-0.25, -0.2) is 0 Å². The molecule has 0 atom stereocenters. The van der Waals surface area contributed by atoms with Crippen molar-refractivity contribution in [3.8, 4) is 0 Å². The Morgan fingerprint density at radius 3 is 2.44 bits per heavy atom. The number of rotatable bonds is 10. The molecule has 0 saturated heterocycles. The highest BCUT2D eigenvalue weighted by molar-refractivity contribution is 6.17. The maximum Gasteiger partial charge on any atom is 0.305 e. The summed E-state index contributed by atoms with van der Waals surface area (Å²) < 4.78 is 4.90. The number of ketones is 1. The molecule has 0 rings (SSSR count). The maximum absolute atomic E-state index is 11.3. The predicted octanol–water partition coefficient (Wildman–Crippen LogP) is 3.09. The quantitative estimate of drug-likeness (QED) is 0.339. The van der Waals surface area contributed by atoms with Crippen molar-refractivity contribution in [3.05, 3.63) is 0 Å². The maximum atomic E-state index is 11.3. The molecule has 16 heavy (non-hydrogen) atoms. The van der Waals surface area contributed by atoms with Gasteiger partial charge >= 0.3 is 5.97 Å². The number of Topliss-reactive ketones (excluding diaryl/α,β-unsaturated/α-hetero) is 1. The van der Waals surface area contributed by atoms with E-state index in [1.165, 1.54) is 0 Å². The van der Waals surface area contributed by atoms with Crippen molar-refractivity contribution in [1.82, 2.24) is 0 Å². The lowest BCUT2D eigenvalue weighted by Gasteiger charge is -2.03. The molecule has 0 amide bonds. The Kier molecular flexibility index (Phi) is 10.5. The molecule has 0 saturated carbocycles. The molecular formula is C12H21ClO3. The van der Waals surface area contributed by atoms with Crippen LogP contribution in [-0.4, -0.2) is 24.2 Å². The van der Waals surface area contributed by atoms with Gasteiger partial charge in [-0.3, -0.25) is 9.59 Å². The average Bonchev–Trinajstić information content (AvgIpc) is 2.26. The van der Waals surface area contributed by atoms with Gasteiger partial charge in [0.05, 0.1) is 6.61 Å². The van der Waals surface area contributed by atoms with Gasteiger partial charge in [-0.15, -0.1) is 11.6 Å². The van der Waals surface area contributed by atoms with Gasteiger partial charge in [0.2, 0.25) is 0 Å². The van der Waals surface area contributed by atoms with Gasteiger partial charge in [-0.2, -0.15) is 0 Å². The number of hydrogen-bond donors (Lipinski definition) is 0. The average molecular weight is 249 g/mol. The molecule has 94 valence electrons. The molecule has 0 N–H and O–H groups in total. The van der Waals surface area contributed by atoms with Crippen LogP contribution in [0.3, 0.4) is 0 Å². The van der Waals surface area contributed by atoms with Gasteiger partial charge in [-0.05, 0) is 12.8 Å².